The molecule has 0 aliphatic heterocycles. The number of carboxylic acids is 1. The number of hydrogen-bond donors (Lipinski definition) is 5. The molecule has 0 bridgehead atoms. The number of nitrogens with one attached hydrogen (secondary N) is 2. The molecule has 3 aromatic rings. The molecule has 0 saturated carbocycles. The minimum absolute atomic E-state index is 0.0813. The number of nitrogens with two attached hydrogens (primary N) is 2. The molecular formula is C27H33ClN6O5. The predicted octanol–water partition coefficient (Wildman–Crippen LogP) is 3.72. The fourth-order valence-corrected chi connectivity index (χ4v) is 4.23. The van der Waals surface area contributed by atoms with Gasteiger partial charge in [-0.25, -0.2) is 14.6 Å². The van der Waals surface area contributed by atoms with E-state index in [2.05, 4.69) is 20.6 Å². The second kappa shape index (κ2) is 12.6. The molecule has 0 spiro atoms. The second-order valence-electron chi connectivity index (χ2n) is 10.0. The molecule has 3 rings (SSSR count). The second-order valence-corrected chi connectivity index (χ2v) is 10.4. The van der Waals surface area contributed by atoms with Gasteiger partial charge in [0.05, 0.1) is 15.9 Å². The Hall–Kier alpha value is -4.12. The summed E-state index contributed by atoms with van der Waals surface area (Å²) in [4.78, 5) is 44.2. The summed E-state index contributed by atoms with van der Waals surface area (Å²) in [6.07, 6.45) is 1.17. The smallest absolute Gasteiger partial charge is 0.407 e. The van der Waals surface area contributed by atoms with E-state index in [0.29, 0.717) is 40.8 Å². The lowest BCUT2D eigenvalue weighted by molar-refractivity contribution is -0.139. The number of nitrogen functional groups attached to an aromatic ring is 2. The first-order chi connectivity index (χ1) is 18.3. The molecule has 0 aliphatic rings. The van der Waals surface area contributed by atoms with Crippen LogP contribution in [0.2, 0.25) is 5.02 Å². The number of carboxylic acid groups (broad SMARTS) is 1. The lowest BCUT2D eigenvalue weighted by atomic mass is 10.0. The Morgan fingerprint density at radius 3 is 2.38 bits per heavy atom. The average Bonchev–Trinajstić information content (AvgIpc) is 2.84. The van der Waals surface area contributed by atoms with Gasteiger partial charge in [0.2, 0.25) is 5.95 Å². The zero-order valence-electron chi connectivity index (χ0n) is 22.1. The summed E-state index contributed by atoms with van der Waals surface area (Å²) in [5.74, 6) is -1.35. The number of hydrogen-bond acceptors (Lipinski definition) is 8. The highest BCUT2D eigenvalue weighted by Crippen LogP contribution is 2.31. The molecule has 0 fully saturated rings. The van der Waals surface area contributed by atoms with Crippen molar-refractivity contribution in [1.82, 2.24) is 20.6 Å². The van der Waals surface area contributed by atoms with Crippen LogP contribution < -0.4 is 22.1 Å². The van der Waals surface area contributed by atoms with Crippen molar-refractivity contribution in [2.75, 3.05) is 18.0 Å². The van der Waals surface area contributed by atoms with E-state index in [1.54, 1.807) is 39.0 Å². The van der Waals surface area contributed by atoms with E-state index in [4.69, 9.17) is 27.8 Å². The number of alkyl carbamates (subject to hydrolysis) is 1. The molecule has 0 radical (unpaired) electrons. The van der Waals surface area contributed by atoms with Gasteiger partial charge in [-0.2, -0.15) is 4.98 Å². The van der Waals surface area contributed by atoms with Gasteiger partial charge in [-0.1, -0.05) is 29.8 Å². The Morgan fingerprint density at radius 2 is 1.74 bits per heavy atom. The largest absolute Gasteiger partial charge is 0.480 e. The van der Waals surface area contributed by atoms with E-state index in [9.17, 15) is 19.5 Å². The minimum Gasteiger partial charge on any atom is -0.480 e. The van der Waals surface area contributed by atoms with Gasteiger partial charge in [0, 0.05) is 12.1 Å². The maximum atomic E-state index is 12.7. The molecule has 1 atom stereocenters. The van der Waals surface area contributed by atoms with Crippen molar-refractivity contribution < 1.29 is 24.2 Å². The van der Waals surface area contributed by atoms with Crippen LogP contribution >= 0.6 is 11.6 Å². The zero-order valence-corrected chi connectivity index (χ0v) is 22.8. The monoisotopic (exact) mass is 556 g/mol. The van der Waals surface area contributed by atoms with Gasteiger partial charge < -0.3 is 31.9 Å². The quantitative estimate of drug-likeness (QED) is 0.232. The third-order valence-electron chi connectivity index (χ3n) is 5.77. The molecule has 2 amide bonds. The molecule has 0 unspecified atom stereocenters. The molecule has 7 N–H and O–H groups in total. The van der Waals surface area contributed by atoms with Crippen LogP contribution in [0.25, 0.3) is 10.9 Å². The highest BCUT2D eigenvalue weighted by atomic mass is 35.5. The molecule has 0 aliphatic carbocycles. The van der Waals surface area contributed by atoms with E-state index in [-0.39, 0.29) is 24.7 Å². The molecule has 11 nitrogen and oxygen atoms in total. The summed E-state index contributed by atoms with van der Waals surface area (Å²) >= 11 is 6.56. The van der Waals surface area contributed by atoms with Crippen LogP contribution in [0.15, 0.2) is 36.4 Å². The topological polar surface area (TPSA) is 183 Å². The van der Waals surface area contributed by atoms with Crippen LogP contribution in [0.5, 0.6) is 0 Å². The Kier molecular flexibility index (Phi) is 9.52. The lowest BCUT2D eigenvalue weighted by Gasteiger charge is -2.20. The highest BCUT2D eigenvalue weighted by molar-refractivity contribution is 6.37. The van der Waals surface area contributed by atoms with E-state index >= 15 is 0 Å². The zero-order chi connectivity index (χ0) is 28.7. The lowest BCUT2D eigenvalue weighted by Crippen LogP contribution is -2.41. The van der Waals surface area contributed by atoms with Crippen molar-refractivity contribution in [2.24, 2.45) is 0 Å². The first kappa shape index (κ1) is 29.4. The van der Waals surface area contributed by atoms with Crippen molar-refractivity contribution in [3.8, 4) is 0 Å². The number of anilines is 2. The van der Waals surface area contributed by atoms with Crippen molar-refractivity contribution in [3.63, 3.8) is 0 Å². The Morgan fingerprint density at radius 1 is 1.05 bits per heavy atom. The summed E-state index contributed by atoms with van der Waals surface area (Å²) in [5.41, 5.74) is 13.8. The van der Waals surface area contributed by atoms with Crippen LogP contribution in [-0.2, 0) is 22.4 Å². The maximum Gasteiger partial charge on any atom is 0.407 e. The number of carbonyl (C=O) groups is 3. The molecule has 0 saturated heterocycles. The number of nitrogens with zero attached hydrogens (tertiary/aromatic N) is 2. The average molecular weight is 557 g/mol. The molecule has 2 aromatic carbocycles. The van der Waals surface area contributed by atoms with Crippen molar-refractivity contribution in [3.05, 3.63) is 58.1 Å². The summed E-state index contributed by atoms with van der Waals surface area (Å²) in [6.45, 7) is 5.47. The number of ether oxygens (including phenoxy) is 1. The minimum atomic E-state index is -1.15. The number of rotatable bonds is 10. The number of fused-ring (bicyclic) bond motifs is 1. The number of amides is 2. The molecule has 39 heavy (non-hydrogen) atoms. The number of benzene rings is 2. The number of aryl methyl sites for hydroxylation is 2. The van der Waals surface area contributed by atoms with E-state index in [1.807, 2.05) is 18.2 Å². The van der Waals surface area contributed by atoms with Crippen molar-refractivity contribution in [1.29, 1.82) is 0 Å². The summed E-state index contributed by atoms with van der Waals surface area (Å²) in [6, 6.07) is 9.47. The number of halogens is 1. The van der Waals surface area contributed by atoms with Gasteiger partial charge in [0.25, 0.3) is 5.91 Å². The Balaban J connectivity index is 1.54. The van der Waals surface area contributed by atoms with Gasteiger partial charge in [-0.05, 0) is 75.8 Å². The first-order valence-electron chi connectivity index (χ1n) is 12.4. The van der Waals surface area contributed by atoms with Crippen molar-refractivity contribution >= 4 is 52.2 Å². The maximum absolute atomic E-state index is 12.7. The highest BCUT2D eigenvalue weighted by Gasteiger charge is 2.21. The molecular weight excluding hydrogens is 524 g/mol. The summed E-state index contributed by atoms with van der Waals surface area (Å²) < 4.78 is 5.14. The molecule has 1 heterocycles. The van der Waals surface area contributed by atoms with Crippen LogP contribution in [0.3, 0.4) is 0 Å². The van der Waals surface area contributed by atoms with Gasteiger partial charge in [0.1, 0.15) is 17.5 Å². The van der Waals surface area contributed by atoms with E-state index < -0.39 is 29.6 Å². The molecule has 12 heteroatoms. The molecule has 1 aromatic heterocycles. The number of aliphatic carboxylic acids is 1. The standard InChI is InChI=1S/C27H33ClN6O5/c1-27(2,3)39-26(38)31-14-4-5-19(24(36)37)32-23(35)17-10-7-15(8-11-17)6-9-16-12-13-18-20(21(16)28)22(29)34-25(30)33-18/h7-8,10-13,19H,4-6,9,14H2,1-3H3,(H,31,38)(H,32,35)(H,36,37)(H4,29,30,33,34)/t19-/m0/s1. The summed E-state index contributed by atoms with van der Waals surface area (Å²) in [5, 5.41) is 15.7. The van der Waals surface area contributed by atoms with Gasteiger partial charge in [0.15, 0.2) is 0 Å². The first-order valence-corrected chi connectivity index (χ1v) is 12.8. The number of aromatic nitrogens is 2. The van der Waals surface area contributed by atoms with Crippen LogP contribution in [0, 0.1) is 0 Å². The van der Waals surface area contributed by atoms with Crippen LogP contribution in [-0.4, -0.2) is 51.2 Å². The van der Waals surface area contributed by atoms with Crippen molar-refractivity contribution in [2.45, 2.75) is 58.1 Å². The van der Waals surface area contributed by atoms with Gasteiger partial charge >= 0.3 is 12.1 Å². The predicted molar refractivity (Wildman–Crippen MR) is 150 cm³/mol. The normalized spacial score (nSPS) is 12.1. The van der Waals surface area contributed by atoms with Gasteiger partial charge in [-0.15, -0.1) is 0 Å². The third kappa shape index (κ3) is 8.44. The Bertz CT molecular complexity index is 1360. The van der Waals surface area contributed by atoms with Crippen LogP contribution in [0.4, 0.5) is 16.6 Å². The SMILES string of the molecule is CC(C)(C)OC(=O)NCCC[C@H](NC(=O)c1ccc(CCc2ccc3nc(N)nc(N)c3c2Cl)cc1)C(=O)O. The van der Waals surface area contributed by atoms with Gasteiger partial charge in [-0.3, -0.25) is 4.79 Å². The third-order valence-corrected chi connectivity index (χ3v) is 6.20. The fraction of sp³-hybridized carbons (Fsp3) is 0.370. The fourth-order valence-electron chi connectivity index (χ4n) is 3.88. The van der Waals surface area contributed by atoms with E-state index in [1.165, 1.54) is 0 Å². The Labute approximate surface area is 231 Å². The summed E-state index contributed by atoms with van der Waals surface area (Å²) in [7, 11) is 0. The molecule has 208 valence electrons. The van der Waals surface area contributed by atoms with Crippen LogP contribution in [0.1, 0.15) is 55.1 Å². The van der Waals surface area contributed by atoms with E-state index in [0.717, 1.165) is 11.1 Å². The number of carbonyl (C=O) groups excluding carboxylic acids is 2.